The van der Waals surface area contributed by atoms with Crippen molar-refractivity contribution in [1.82, 2.24) is 9.88 Å². The minimum atomic E-state index is -5.19. The zero-order valence-electron chi connectivity index (χ0n) is 18.0. The number of carbonyl (C=O) groups is 2. The van der Waals surface area contributed by atoms with Crippen LogP contribution in [0.25, 0.3) is 10.9 Å². The van der Waals surface area contributed by atoms with Gasteiger partial charge in [0.25, 0.3) is 5.91 Å². The molecule has 1 N–H and O–H groups in total. The molecule has 0 saturated heterocycles. The minimum Gasteiger partial charge on any atom is -0.462 e. The number of fused-ring (bicyclic) bond motifs is 1. The second-order valence-electron chi connectivity index (χ2n) is 7.22. The number of nitrogens with zero attached hydrogens (tertiary/aromatic N) is 1. The standard InChI is InChI=1S/C22H16Cl3F5N2O3/c1-3-32-14-8-12(23)10(21(34)35-4-2)5-9(14)6-15(32)20(33)31-19(22(28,29)30)11-7-13(24)18(27)16(25)17(11)26/h5-8,19H,3-4H2,1-2H3,(H,31,33). The second-order valence-corrected chi connectivity index (χ2v) is 8.42. The Hall–Kier alpha value is -2.56. The van der Waals surface area contributed by atoms with Crippen molar-refractivity contribution in [1.29, 1.82) is 0 Å². The maximum absolute atomic E-state index is 14.5. The maximum atomic E-state index is 14.5. The van der Waals surface area contributed by atoms with Gasteiger partial charge in [-0.3, -0.25) is 4.79 Å². The summed E-state index contributed by atoms with van der Waals surface area (Å²) in [7, 11) is 0. The number of hydrogen-bond donors (Lipinski definition) is 1. The van der Waals surface area contributed by atoms with Gasteiger partial charge in [0.05, 0.1) is 27.7 Å². The van der Waals surface area contributed by atoms with Crippen LogP contribution >= 0.6 is 34.8 Å². The normalized spacial score (nSPS) is 12.6. The smallest absolute Gasteiger partial charge is 0.412 e. The maximum Gasteiger partial charge on any atom is 0.412 e. The molecule has 1 heterocycles. The van der Waals surface area contributed by atoms with Gasteiger partial charge in [-0.1, -0.05) is 34.8 Å². The van der Waals surface area contributed by atoms with E-state index in [0.29, 0.717) is 17.0 Å². The highest BCUT2D eigenvalue weighted by atomic mass is 35.5. The Bertz CT molecular complexity index is 1320. The Morgan fingerprint density at radius 3 is 2.26 bits per heavy atom. The van der Waals surface area contributed by atoms with Crippen molar-refractivity contribution in [3.8, 4) is 0 Å². The number of halogens is 8. The molecule has 5 nitrogen and oxygen atoms in total. The van der Waals surface area contributed by atoms with Gasteiger partial charge in [0.2, 0.25) is 0 Å². The van der Waals surface area contributed by atoms with Gasteiger partial charge < -0.3 is 14.6 Å². The lowest BCUT2D eigenvalue weighted by molar-refractivity contribution is -0.155. The Labute approximate surface area is 210 Å². The van der Waals surface area contributed by atoms with Crippen LogP contribution in [-0.2, 0) is 11.3 Å². The number of ether oxygens (including phenoxy) is 1. The van der Waals surface area contributed by atoms with E-state index in [9.17, 15) is 31.5 Å². The zero-order chi connectivity index (χ0) is 26.2. The molecule has 1 aromatic heterocycles. The average Bonchev–Trinajstić information content (AvgIpc) is 3.14. The highest BCUT2D eigenvalue weighted by Crippen LogP contribution is 2.39. The van der Waals surface area contributed by atoms with E-state index < -0.39 is 51.3 Å². The molecule has 1 amide bonds. The van der Waals surface area contributed by atoms with Gasteiger partial charge in [-0.2, -0.15) is 13.2 Å². The zero-order valence-corrected chi connectivity index (χ0v) is 20.3. The van der Waals surface area contributed by atoms with Crippen LogP contribution in [0.1, 0.15) is 46.3 Å². The molecule has 0 saturated carbocycles. The van der Waals surface area contributed by atoms with Crippen molar-refractivity contribution >= 4 is 57.6 Å². The molecule has 0 aliphatic carbocycles. The molecule has 3 aromatic rings. The Morgan fingerprint density at radius 2 is 1.69 bits per heavy atom. The molecule has 2 aromatic carbocycles. The highest BCUT2D eigenvalue weighted by molar-refractivity contribution is 6.35. The van der Waals surface area contributed by atoms with E-state index in [1.165, 1.54) is 22.8 Å². The first kappa shape index (κ1) is 27.0. The summed E-state index contributed by atoms with van der Waals surface area (Å²) >= 11 is 17.2. The summed E-state index contributed by atoms with van der Waals surface area (Å²) in [5.74, 6) is -5.08. The number of rotatable bonds is 6. The van der Waals surface area contributed by atoms with Crippen LogP contribution in [0.4, 0.5) is 22.0 Å². The molecular weight excluding hydrogens is 542 g/mol. The first-order valence-electron chi connectivity index (χ1n) is 10.0. The third-order valence-corrected chi connectivity index (χ3v) is 6.00. The summed E-state index contributed by atoms with van der Waals surface area (Å²) in [6.45, 7) is 3.45. The molecule has 0 aliphatic rings. The molecule has 1 atom stereocenters. The van der Waals surface area contributed by atoms with E-state index in [4.69, 9.17) is 39.5 Å². The van der Waals surface area contributed by atoms with Crippen molar-refractivity contribution in [2.75, 3.05) is 6.61 Å². The molecule has 0 aliphatic heterocycles. The van der Waals surface area contributed by atoms with E-state index >= 15 is 0 Å². The van der Waals surface area contributed by atoms with Crippen LogP contribution in [-0.4, -0.2) is 29.2 Å². The fourth-order valence-corrected chi connectivity index (χ4v) is 4.23. The van der Waals surface area contributed by atoms with E-state index in [2.05, 4.69) is 0 Å². The topological polar surface area (TPSA) is 60.3 Å². The first-order chi connectivity index (χ1) is 16.3. The van der Waals surface area contributed by atoms with E-state index in [1.807, 2.05) is 0 Å². The number of hydrogen-bond acceptors (Lipinski definition) is 3. The molecule has 0 radical (unpaired) electrons. The van der Waals surface area contributed by atoms with E-state index in [0.717, 1.165) is 0 Å². The lowest BCUT2D eigenvalue weighted by Gasteiger charge is -2.23. The summed E-state index contributed by atoms with van der Waals surface area (Å²) in [4.78, 5) is 25.1. The second kappa shape index (κ2) is 10.2. The molecule has 13 heteroatoms. The average molecular weight is 558 g/mol. The number of alkyl halides is 3. The van der Waals surface area contributed by atoms with Crippen molar-refractivity contribution in [2.24, 2.45) is 0 Å². The molecule has 0 fully saturated rings. The van der Waals surface area contributed by atoms with Crippen LogP contribution in [0.3, 0.4) is 0 Å². The van der Waals surface area contributed by atoms with Gasteiger partial charge in [0.1, 0.15) is 16.5 Å². The van der Waals surface area contributed by atoms with Gasteiger partial charge in [0.15, 0.2) is 11.9 Å². The van der Waals surface area contributed by atoms with Crippen LogP contribution in [0.15, 0.2) is 24.3 Å². The molecule has 35 heavy (non-hydrogen) atoms. The van der Waals surface area contributed by atoms with Crippen molar-refractivity contribution in [3.05, 3.63) is 67.8 Å². The summed E-state index contributed by atoms with van der Waals surface area (Å²) in [6, 6.07) is 1.49. The first-order valence-corrected chi connectivity index (χ1v) is 11.1. The monoisotopic (exact) mass is 556 g/mol. The van der Waals surface area contributed by atoms with Crippen molar-refractivity contribution < 1.29 is 36.3 Å². The number of benzene rings is 2. The number of carbonyl (C=O) groups excluding carboxylic acids is 2. The Balaban J connectivity index is 2.09. The number of aromatic nitrogens is 1. The van der Waals surface area contributed by atoms with Gasteiger partial charge in [-0.15, -0.1) is 0 Å². The van der Waals surface area contributed by atoms with Crippen LogP contribution in [0.5, 0.6) is 0 Å². The largest absolute Gasteiger partial charge is 0.462 e. The summed E-state index contributed by atoms with van der Waals surface area (Å²) in [5, 5.41) is -0.0203. The number of nitrogens with one attached hydrogen (secondary N) is 1. The number of amides is 1. The fraction of sp³-hybridized carbons (Fsp3) is 0.273. The summed E-state index contributed by atoms with van der Waals surface area (Å²) < 4.78 is 76.0. The quantitative estimate of drug-likeness (QED) is 0.152. The van der Waals surface area contributed by atoms with Crippen molar-refractivity contribution in [2.45, 2.75) is 32.6 Å². The van der Waals surface area contributed by atoms with Gasteiger partial charge in [-0.05, 0) is 38.1 Å². The van der Waals surface area contributed by atoms with Crippen LogP contribution in [0, 0.1) is 11.6 Å². The van der Waals surface area contributed by atoms with Crippen LogP contribution < -0.4 is 5.32 Å². The SMILES string of the molecule is CCOC(=O)c1cc2cc(C(=O)NC(c3cc(Cl)c(F)c(Cl)c3F)C(F)(F)F)n(CC)c2cc1Cl. The molecule has 188 valence electrons. The van der Waals surface area contributed by atoms with E-state index in [1.54, 1.807) is 19.2 Å². The van der Waals surface area contributed by atoms with Crippen LogP contribution in [0.2, 0.25) is 15.1 Å². The summed E-state index contributed by atoms with van der Waals surface area (Å²) in [5.41, 5.74) is -1.02. The fourth-order valence-electron chi connectivity index (χ4n) is 3.52. The predicted molar refractivity (Wildman–Crippen MR) is 121 cm³/mol. The number of aryl methyl sites for hydroxylation is 1. The van der Waals surface area contributed by atoms with Crippen molar-refractivity contribution in [3.63, 3.8) is 0 Å². The third-order valence-electron chi connectivity index (χ3n) is 5.08. The summed E-state index contributed by atoms with van der Waals surface area (Å²) in [6.07, 6.45) is -5.19. The van der Waals surface area contributed by atoms with Gasteiger partial charge >= 0.3 is 12.1 Å². The Morgan fingerprint density at radius 1 is 1.03 bits per heavy atom. The van der Waals surface area contributed by atoms with Gasteiger partial charge in [-0.25, -0.2) is 13.6 Å². The third kappa shape index (κ3) is 5.19. The highest BCUT2D eigenvalue weighted by Gasteiger charge is 2.44. The molecule has 0 bridgehead atoms. The molecular formula is C22H16Cl3F5N2O3. The van der Waals surface area contributed by atoms with Gasteiger partial charge in [0, 0.05) is 17.5 Å². The van der Waals surface area contributed by atoms with E-state index in [-0.39, 0.29) is 29.4 Å². The molecule has 0 spiro atoms. The lowest BCUT2D eigenvalue weighted by atomic mass is 10.0. The Kier molecular flexibility index (Phi) is 7.88. The predicted octanol–water partition coefficient (Wildman–Crippen LogP) is 7.11. The number of esters is 1. The molecule has 1 unspecified atom stereocenters. The lowest BCUT2D eigenvalue weighted by Crippen LogP contribution is -2.39. The molecule has 3 rings (SSSR count). The minimum absolute atomic E-state index is 0.00654.